The van der Waals surface area contributed by atoms with Crippen molar-refractivity contribution in [2.45, 2.75) is 20.4 Å². The predicted molar refractivity (Wildman–Crippen MR) is 77.6 cm³/mol. The zero-order valence-corrected chi connectivity index (χ0v) is 12.9. The third kappa shape index (κ3) is 3.20. The third-order valence-corrected chi connectivity index (χ3v) is 4.44. The lowest BCUT2D eigenvalue weighted by molar-refractivity contribution is 0.0591. The number of Topliss-reactive ketones (excluding diaryl/α,β-unsaturated/α-hetero) is 1. The van der Waals surface area contributed by atoms with Gasteiger partial charge in [0.25, 0.3) is 0 Å². The van der Waals surface area contributed by atoms with Crippen molar-refractivity contribution in [2.75, 3.05) is 12.4 Å². The molecule has 0 fully saturated rings. The van der Waals surface area contributed by atoms with Gasteiger partial charge in [-0.2, -0.15) is 0 Å². The molecule has 0 aliphatic rings. The zero-order valence-electron chi connectivity index (χ0n) is 11.2. The van der Waals surface area contributed by atoms with Crippen molar-refractivity contribution in [3.8, 4) is 0 Å². The van der Waals surface area contributed by atoms with Gasteiger partial charge >= 0.3 is 5.97 Å². The monoisotopic (exact) mass is 311 g/mol. The first-order valence-electron chi connectivity index (χ1n) is 5.76. The second-order valence-corrected chi connectivity index (χ2v) is 6.26. The average Bonchev–Trinajstić information content (AvgIpc) is 3.01. The molecule has 2 rings (SSSR count). The van der Waals surface area contributed by atoms with E-state index in [1.165, 1.54) is 14.0 Å². The Labute approximate surface area is 123 Å². The molecular weight excluding hydrogens is 298 g/mol. The van der Waals surface area contributed by atoms with Crippen LogP contribution in [0.25, 0.3) is 0 Å². The lowest BCUT2D eigenvalue weighted by Gasteiger charge is -1.98. The van der Waals surface area contributed by atoms with E-state index >= 15 is 0 Å². The Hall–Kier alpha value is -1.80. The van der Waals surface area contributed by atoms with Crippen LogP contribution in [-0.2, 0) is 11.3 Å². The Morgan fingerprint density at radius 1 is 1.40 bits per heavy atom. The van der Waals surface area contributed by atoms with Gasteiger partial charge in [-0.05, 0) is 6.92 Å². The molecule has 2 heterocycles. The van der Waals surface area contributed by atoms with E-state index in [1.54, 1.807) is 17.5 Å². The number of carbonyl (C=O) groups excluding carboxylic acids is 2. The van der Waals surface area contributed by atoms with Gasteiger partial charge in [0.2, 0.25) is 0 Å². The fourth-order valence-electron chi connectivity index (χ4n) is 1.52. The largest absolute Gasteiger partial charge is 0.464 e. The van der Waals surface area contributed by atoms with E-state index in [-0.39, 0.29) is 11.5 Å². The number of carbonyl (C=O) groups is 2. The molecule has 8 heteroatoms. The standard InChI is InChI=1S/C12H13N3O3S2/c1-6(16)10-9(11(17)18-3)15-12(20-10)14-5-8-4-13-7(2)19-8/h4H,5H2,1-3H3,(H,14,15). The summed E-state index contributed by atoms with van der Waals surface area (Å²) in [6, 6.07) is 0. The van der Waals surface area contributed by atoms with Crippen LogP contribution >= 0.6 is 22.7 Å². The molecule has 1 N–H and O–H groups in total. The van der Waals surface area contributed by atoms with Crippen molar-refractivity contribution in [3.63, 3.8) is 0 Å². The highest BCUT2D eigenvalue weighted by Crippen LogP contribution is 2.25. The van der Waals surface area contributed by atoms with Gasteiger partial charge in [-0.3, -0.25) is 4.79 Å². The van der Waals surface area contributed by atoms with E-state index in [1.807, 2.05) is 6.92 Å². The van der Waals surface area contributed by atoms with Gasteiger partial charge in [-0.1, -0.05) is 11.3 Å². The number of methoxy groups -OCH3 is 1. The van der Waals surface area contributed by atoms with Crippen molar-refractivity contribution < 1.29 is 14.3 Å². The van der Waals surface area contributed by atoms with Gasteiger partial charge < -0.3 is 10.1 Å². The number of esters is 1. The number of nitrogens with one attached hydrogen (secondary N) is 1. The van der Waals surface area contributed by atoms with Crippen molar-refractivity contribution in [2.24, 2.45) is 0 Å². The Morgan fingerprint density at radius 3 is 2.70 bits per heavy atom. The first-order chi connectivity index (χ1) is 9.51. The second kappa shape index (κ2) is 6.10. The molecule has 20 heavy (non-hydrogen) atoms. The molecule has 0 atom stereocenters. The van der Waals surface area contributed by atoms with E-state index in [0.717, 1.165) is 21.2 Å². The summed E-state index contributed by atoms with van der Waals surface area (Å²) in [6.07, 6.45) is 1.79. The number of rotatable bonds is 5. The molecule has 0 aliphatic carbocycles. The number of ether oxygens (including phenoxy) is 1. The maximum absolute atomic E-state index is 11.6. The number of hydrogen-bond acceptors (Lipinski definition) is 8. The van der Waals surface area contributed by atoms with Crippen LogP contribution in [0.5, 0.6) is 0 Å². The Balaban J connectivity index is 2.16. The smallest absolute Gasteiger partial charge is 0.358 e. The summed E-state index contributed by atoms with van der Waals surface area (Å²) in [5.41, 5.74) is 0.0629. The number of hydrogen-bond donors (Lipinski definition) is 1. The maximum Gasteiger partial charge on any atom is 0.358 e. The summed E-state index contributed by atoms with van der Waals surface area (Å²) >= 11 is 2.73. The maximum atomic E-state index is 11.6. The van der Waals surface area contributed by atoms with Crippen LogP contribution in [0.4, 0.5) is 5.13 Å². The summed E-state index contributed by atoms with van der Waals surface area (Å²) < 4.78 is 4.62. The molecule has 2 aromatic rings. The average molecular weight is 311 g/mol. The van der Waals surface area contributed by atoms with Crippen LogP contribution in [0.15, 0.2) is 6.20 Å². The van der Waals surface area contributed by atoms with Crippen molar-refractivity contribution in [1.29, 1.82) is 0 Å². The number of ketones is 1. The lowest BCUT2D eigenvalue weighted by atomic mass is 10.3. The highest BCUT2D eigenvalue weighted by molar-refractivity contribution is 7.17. The van der Waals surface area contributed by atoms with Crippen LogP contribution in [0, 0.1) is 6.92 Å². The summed E-state index contributed by atoms with van der Waals surface area (Å²) in [7, 11) is 1.26. The van der Waals surface area contributed by atoms with E-state index in [2.05, 4.69) is 20.0 Å². The number of aryl methyl sites for hydroxylation is 1. The quantitative estimate of drug-likeness (QED) is 0.675. The minimum Gasteiger partial charge on any atom is -0.464 e. The molecule has 0 spiro atoms. The van der Waals surface area contributed by atoms with Gasteiger partial charge in [0.15, 0.2) is 16.6 Å². The molecule has 0 amide bonds. The highest BCUT2D eigenvalue weighted by Gasteiger charge is 2.21. The Morgan fingerprint density at radius 2 is 2.15 bits per heavy atom. The molecule has 0 saturated heterocycles. The number of thiazole rings is 2. The zero-order chi connectivity index (χ0) is 14.7. The van der Waals surface area contributed by atoms with Gasteiger partial charge in [0.05, 0.1) is 18.7 Å². The molecule has 0 bridgehead atoms. The van der Waals surface area contributed by atoms with Crippen molar-refractivity contribution >= 4 is 39.6 Å². The SMILES string of the molecule is COC(=O)c1nc(NCc2cnc(C)s2)sc1C(C)=O. The van der Waals surface area contributed by atoms with Crippen LogP contribution in [0.1, 0.15) is 37.0 Å². The molecule has 0 aliphatic heterocycles. The number of anilines is 1. The van der Waals surface area contributed by atoms with Crippen molar-refractivity contribution in [3.05, 3.63) is 26.7 Å². The van der Waals surface area contributed by atoms with E-state index in [4.69, 9.17) is 0 Å². The van der Waals surface area contributed by atoms with E-state index < -0.39 is 5.97 Å². The molecule has 0 saturated carbocycles. The molecular formula is C12H13N3O3S2. The third-order valence-electron chi connectivity index (χ3n) is 2.41. The molecule has 0 unspecified atom stereocenters. The van der Waals surface area contributed by atoms with E-state index in [0.29, 0.717) is 16.6 Å². The molecule has 106 valence electrons. The molecule has 2 aromatic heterocycles. The predicted octanol–water partition coefficient (Wildman–Crippen LogP) is 2.51. The van der Waals surface area contributed by atoms with Crippen LogP contribution in [0.3, 0.4) is 0 Å². The number of aromatic nitrogens is 2. The minimum atomic E-state index is -0.604. The van der Waals surface area contributed by atoms with Gasteiger partial charge in [0, 0.05) is 18.0 Å². The first kappa shape index (κ1) is 14.6. The Bertz CT molecular complexity index is 648. The summed E-state index contributed by atoms with van der Waals surface area (Å²) in [5, 5.41) is 4.59. The molecule has 0 aromatic carbocycles. The molecule has 0 radical (unpaired) electrons. The fourth-order valence-corrected chi connectivity index (χ4v) is 3.10. The summed E-state index contributed by atoms with van der Waals surface area (Å²) in [6.45, 7) is 3.88. The normalized spacial score (nSPS) is 10.3. The van der Waals surface area contributed by atoms with Gasteiger partial charge in [-0.15, -0.1) is 11.3 Å². The van der Waals surface area contributed by atoms with E-state index in [9.17, 15) is 9.59 Å². The number of nitrogens with zero attached hydrogens (tertiary/aromatic N) is 2. The minimum absolute atomic E-state index is 0.0629. The lowest BCUT2D eigenvalue weighted by Crippen LogP contribution is -2.07. The van der Waals surface area contributed by atoms with Gasteiger partial charge in [0.1, 0.15) is 4.88 Å². The first-order valence-corrected chi connectivity index (χ1v) is 7.39. The second-order valence-electron chi connectivity index (χ2n) is 3.94. The van der Waals surface area contributed by atoms with Crippen LogP contribution in [-0.4, -0.2) is 28.8 Å². The fraction of sp³-hybridized carbons (Fsp3) is 0.333. The summed E-state index contributed by atoms with van der Waals surface area (Å²) in [5.74, 6) is -0.808. The van der Waals surface area contributed by atoms with Gasteiger partial charge in [-0.25, -0.2) is 14.8 Å². The summed E-state index contributed by atoms with van der Waals surface area (Å²) in [4.78, 5) is 32.7. The van der Waals surface area contributed by atoms with Crippen molar-refractivity contribution in [1.82, 2.24) is 9.97 Å². The Kier molecular flexibility index (Phi) is 4.46. The topological polar surface area (TPSA) is 81.2 Å². The van der Waals surface area contributed by atoms with Crippen LogP contribution < -0.4 is 5.32 Å². The van der Waals surface area contributed by atoms with Crippen LogP contribution in [0.2, 0.25) is 0 Å². The highest BCUT2D eigenvalue weighted by atomic mass is 32.1. The molecule has 6 nitrogen and oxygen atoms in total.